The van der Waals surface area contributed by atoms with E-state index in [2.05, 4.69) is 17.0 Å². The third-order valence-electron chi connectivity index (χ3n) is 4.67. The molecule has 0 aliphatic carbocycles. The second-order valence-corrected chi connectivity index (χ2v) is 8.31. The van der Waals surface area contributed by atoms with Gasteiger partial charge in [-0.05, 0) is 73.6 Å². The number of hydrogen-bond acceptors (Lipinski definition) is 4. The van der Waals surface area contributed by atoms with E-state index < -0.39 is 12.8 Å². The molecule has 3 rings (SSSR count). The zero-order valence-corrected chi connectivity index (χ0v) is 16.0. The molecule has 0 spiro atoms. The van der Waals surface area contributed by atoms with Gasteiger partial charge in [-0.25, -0.2) is 0 Å². The third-order valence-corrected chi connectivity index (χ3v) is 6.66. The molecule has 5 heteroatoms. The normalized spacial score (nSPS) is 21.6. The molecular formula is C20H25NO2S2. The summed E-state index contributed by atoms with van der Waals surface area (Å²) < 4.78 is 23.6. The van der Waals surface area contributed by atoms with Gasteiger partial charge in [0.25, 0.3) is 0 Å². The number of aryl methyl sites for hydroxylation is 2. The molecule has 1 N–H and O–H groups in total. The van der Waals surface area contributed by atoms with Gasteiger partial charge in [0, 0.05) is 32.5 Å². The van der Waals surface area contributed by atoms with Crippen molar-refractivity contribution in [2.75, 3.05) is 19.6 Å². The van der Waals surface area contributed by atoms with Crippen molar-refractivity contribution in [1.82, 2.24) is 4.90 Å². The minimum absolute atomic E-state index is 0.281. The van der Waals surface area contributed by atoms with Crippen LogP contribution in [0.5, 0.6) is 0 Å². The van der Waals surface area contributed by atoms with Crippen LogP contribution in [0.2, 0.25) is 0 Å². The maximum atomic E-state index is 11.3. The van der Waals surface area contributed by atoms with Crippen LogP contribution in [0.1, 0.15) is 44.3 Å². The highest BCUT2D eigenvalue weighted by atomic mass is 32.1. The van der Waals surface area contributed by atoms with Gasteiger partial charge in [0.15, 0.2) is 0 Å². The van der Waals surface area contributed by atoms with E-state index in [1.54, 1.807) is 17.4 Å². The van der Waals surface area contributed by atoms with Gasteiger partial charge in [-0.1, -0.05) is 6.08 Å². The third kappa shape index (κ3) is 4.40. The lowest BCUT2D eigenvalue weighted by Crippen LogP contribution is -2.39. The fourth-order valence-corrected chi connectivity index (χ4v) is 5.19. The molecule has 0 radical (unpaired) electrons. The van der Waals surface area contributed by atoms with Crippen LogP contribution in [0.4, 0.5) is 0 Å². The Hall–Kier alpha value is -1.43. The number of aliphatic carboxylic acids is 1. The van der Waals surface area contributed by atoms with Gasteiger partial charge < -0.3 is 10.0 Å². The number of carbonyl (C=O) groups is 1. The van der Waals surface area contributed by atoms with Crippen LogP contribution in [0, 0.1) is 19.7 Å². The van der Waals surface area contributed by atoms with Crippen molar-refractivity contribution in [2.24, 2.45) is 5.92 Å². The Bertz CT molecular complexity index is 854. The van der Waals surface area contributed by atoms with Crippen molar-refractivity contribution >= 4 is 34.2 Å². The Morgan fingerprint density at radius 1 is 1.36 bits per heavy atom. The quantitative estimate of drug-likeness (QED) is 0.765. The molecule has 0 unspecified atom stereocenters. The highest BCUT2D eigenvalue weighted by Gasteiger charge is 2.24. The summed E-state index contributed by atoms with van der Waals surface area (Å²) in [4.78, 5) is 15.4. The maximum absolute atomic E-state index is 11.3. The Morgan fingerprint density at radius 3 is 2.80 bits per heavy atom. The second kappa shape index (κ2) is 8.30. The summed E-state index contributed by atoms with van der Waals surface area (Å²) in [6.07, 6.45) is 4.55. The molecule has 1 atom stereocenters. The molecule has 2 aromatic rings. The van der Waals surface area contributed by atoms with Crippen molar-refractivity contribution in [3.8, 4) is 0 Å². The second-order valence-electron chi connectivity index (χ2n) is 6.48. The minimum atomic E-state index is -2.14. The number of nitrogens with zero attached hydrogens (tertiary/aromatic N) is 1. The molecule has 0 amide bonds. The molecule has 3 heterocycles. The van der Waals surface area contributed by atoms with Crippen molar-refractivity contribution in [3.05, 3.63) is 49.9 Å². The van der Waals surface area contributed by atoms with E-state index in [-0.39, 0.29) is 5.92 Å². The van der Waals surface area contributed by atoms with Crippen LogP contribution in [-0.2, 0) is 4.79 Å². The van der Waals surface area contributed by atoms with E-state index >= 15 is 0 Å². The smallest absolute Gasteiger partial charge is 0.307 e. The van der Waals surface area contributed by atoms with Crippen LogP contribution in [-0.4, -0.2) is 35.6 Å². The fraction of sp³-hybridized carbons (Fsp3) is 0.450. The first-order chi connectivity index (χ1) is 13.3. The Kier molecular flexibility index (Phi) is 4.88. The molecular weight excluding hydrogens is 350 g/mol. The molecule has 0 saturated carbocycles. The standard InChI is InChI=1S/C20H25NO2S2/c1-14-7-11-24-18(14)17(19-15(2)8-12-25-19)6-4-10-21-9-3-5-16(13-21)20(22)23/h6-8,11-12,16H,3-5,9-10,13H2,1-2H3,(H,22,23)/t16-/m1/s1/i1D3/b17-6-. The lowest BCUT2D eigenvalue weighted by molar-refractivity contribution is -0.143. The van der Waals surface area contributed by atoms with Crippen LogP contribution >= 0.6 is 22.7 Å². The SMILES string of the molecule is [2H]C([2H])([2H])c1ccsc1/C(=C/CCN1CCC[C@@H](C(=O)O)C1)c1sccc1C. The molecule has 134 valence electrons. The predicted molar refractivity (Wildman–Crippen MR) is 107 cm³/mol. The first-order valence-corrected chi connectivity index (χ1v) is 10.3. The molecule has 1 aliphatic rings. The van der Waals surface area contributed by atoms with E-state index in [1.807, 2.05) is 17.7 Å². The average Bonchev–Trinajstić information content (AvgIpc) is 3.28. The number of rotatable bonds is 6. The van der Waals surface area contributed by atoms with Crippen molar-refractivity contribution in [1.29, 1.82) is 0 Å². The molecule has 0 aromatic carbocycles. The van der Waals surface area contributed by atoms with E-state index in [1.165, 1.54) is 11.3 Å². The summed E-state index contributed by atoms with van der Waals surface area (Å²) in [6, 6.07) is 3.75. The largest absolute Gasteiger partial charge is 0.481 e. The molecule has 1 saturated heterocycles. The Morgan fingerprint density at radius 2 is 2.08 bits per heavy atom. The van der Waals surface area contributed by atoms with Crippen molar-refractivity contribution in [2.45, 2.75) is 33.0 Å². The molecule has 0 bridgehead atoms. The van der Waals surface area contributed by atoms with Crippen LogP contribution < -0.4 is 0 Å². The van der Waals surface area contributed by atoms with Crippen molar-refractivity contribution in [3.63, 3.8) is 0 Å². The fourth-order valence-electron chi connectivity index (χ4n) is 3.31. The Balaban J connectivity index is 1.82. The van der Waals surface area contributed by atoms with Crippen LogP contribution in [0.25, 0.3) is 5.57 Å². The topological polar surface area (TPSA) is 40.5 Å². The van der Waals surface area contributed by atoms with Gasteiger partial charge in [-0.2, -0.15) is 0 Å². The van der Waals surface area contributed by atoms with Gasteiger partial charge in [0.05, 0.1) is 5.92 Å². The van der Waals surface area contributed by atoms with Crippen LogP contribution in [0.15, 0.2) is 29.0 Å². The minimum Gasteiger partial charge on any atom is -0.481 e. The Labute approximate surface area is 161 Å². The first-order valence-electron chi connectivity index (χ1n) is 10.1. The molecule has 2 aromatic heterocycles. The summed E-state index contributed by atoms with van der Waals surface area (Å²) in [5.41, 5.74) is 2.53. The van der Waals surface area contributed by atoms with E-state index in [0.29, 0.717) is 12.1 Å². The number of hydrogen-bond donors (Lipinski definition) is 1. The molecule has 1 fully saturated rings. The number of carboxylic acids is 1. The summed E-state index contributed by atoms with van der Waals surface area (Å²) in [5, 5.41) is 13.1. The van der Waals surface area contributed by atoms with E-state index in [4.69, 9.17) is 4.11 Å². The summed E-state index contributed by atoms with van der Waals surface area (Å²) in [7, 11) is 0. The summed E-state index contributed by atoms with van der Waals surface area (Å²) in [5.74, 6) is -0.993. The predicted octanol–water partition coefficient (Wildman–Crippen LogP) is 5.04. The summed E-state index contributed by atoms with van der Waals surface area (Å²) >= 11 is 3.10. The monoisotopic (exact) mass is 378 g/mol. The maximum Gasteiger partial charge on any atom is 0.307 e. The number of piperidine rings is 1. The van der Waals surface area contributed by atoms with Gasteiger partial charge in [0.2, 0.25) is 0 Å². The zero-order chi connectivity index (χ0) is 20.3. The van der Waals surface area contributed by atoms with Gasteiger partial charge >= 0.3 is 5.97 Å². The number of carboxylic acid groups (broad SMARTS) is 1. The number of thiophene rings is 2. The lowest BCUT2D eigenvalue weighted by atomic mass is 9.98. The van der Waals surface area contributed by atoms with Gasteiger partial charge in [-0.3, -0.25) is 4.79 Å². The van der Waals surface area contributed by atoms with Gasteiger partial charge in [-0.15, -0.1) is 22.7 Å². The van der Waals surface area contributed by atoms with Crippen LogP contribution in [0.3, 0.4) is 0 Å². The van der Waals surface area contributed by atoms with E-state index in [9.17, 15) is 9.90 Å². The highest BCUT2D eigenvalue weighted by Crippen LogP contribution is 2.35. The molecule has 1 aliphatic heterocycles. The summed E-state index contributed by atoms with van der Waals surface area (Å²) in [6.45, 7) is 2.21. The first kappa shape index (κ1) is 14.7. The van der Waals surface area contributed by atoms with Gasteiger partial charge in [0.1, 0.15) is 0 Å². The average molecular weight is 379 g/mol. The van der Waals surface area contributed by atoms with E-state index in [0.717, 1.165) is 53.2 Å². The molecule has 25 heavy (non-hydrogen) atoms. The molecule has 3 nitrogen and oxygen atoms in total. The van der Waals surface area contributed by atoms with Crippen molar-refractivity contribution < 1.29 is 14.0 Å². The lowest BCUT2D eigenvalue weighted by Gasteiger charge is -2.30. The zero-order valence-electron chi connectivity index (χ0n) is 17.3. The highest BCUT2D eigenvalue weighted by molar-refractivity contribution is 7.14. The number of likely N-dealkylation sites (tertiary alicyclic amines) is 1.